The summed E-state index contributed by atoms with van der Waals surface area (Å²) in [6.45, 7) is 7.88. The number of rotatable bonds is 6. The molecule has 1 aromatic rings. The normalized spacial score (nSPS) is 10.9. The second-order valence-electron chi connectivity index (χ2n) is 4.53. The van der Waals surface area contributed by atoms with Gasteiger partial charge in [0.15, 0.2) is 0 Å². The van der Waals surface area contributed by atoms with E-state index in [1.54, 1.807) is 26.4 Å². The van der Waals surface area contributed by atoms with Crippen molar-refractivity contribution in [3.05, 3.63) is 23.7 Å². The summed E-state index contributed by atoms with van der Waals surface area (Å²) in [6.07, 6.45) is 1.55. The van der Waals surface area contributed by atoms with Gasteiger partial charge in [0.1, 0.15) is 5.76 Å². The molecule has 0 saturated carbocycles. The Labute approximate surface area is 103 Å². The number of aryl methyl sites for hydroxylation is 1. The van der Waals surface area contributed by atoms with Crippen LogP contribution in [0.5, 0.6) is 0 Å². The van der Waals surface area contributed by atoms with E-state index < -0.39 is 0 Å². The van der Waals surface area contributed by atoms with Gasteiger partial charge in [-0.3, -0.25) is 4.79 Å². The number of carbonyl (C=O) groups is 1. The molecule has 0 saturated heterocycles. The predicted octanol–water partition coefficient (Wildman–Crippen LogP) is 2.33. The maximum atomic E-state index is 12.3. The van der Waals surface area contributed by atoms with Crippen LogP contribution < -0.4 is 0 Å². The fraction of sp³-hybridized carbons (Fsp3) is 0.615. The van der Waals surface area contributed by atoms with E-state index in [1.807, 2.05) is 4.90 Å². The topological polar surface area (TPSA) is 42.7 Å². The van der Waals surface area contributed by atoms with Crippen LogP contribution in [0.4, 0.5) is 0 Å². The second-order valence-corrected chi connectivity index (χ2v) is 4.53. The third-order valence-corrected chi connectivity index (χ3v) is 2.53. The smallest absolute Gasteiger partial charge is 0.257 e. The van der Waals surface area contributed by atoms with Crippen molar-refractivity contribution in [2.24, 2.45) is 5.92 Å². The third kappa shape index (κ3) is 3.89. The molecule has 0 atom stereocenters. The van der Waals surface area contributed by atoms with Crippen molar-refractivity contribution in [3.8, 4) is 0 Å². The van der Waals surface area contributed by atoms with Gasteiger partial charge in [0, 0.05) is 20.2 Å². The van der Waals surface area contributed by atoms with E-state index in [0.29, 0.717) is 30.4 Å². The van der Waals surface area contributed by atoms with E-state index in [-0.39, 0.29) is 5.91 Å². The van der Waals surface area contributed by atoms with E-state index >= 15 is 0 Å². The number of ether oxygens (including phenoxy) is 1. The van der Waals surface area contributed by atoms with E-state index in [1.165, 1.54) is 0 Å². The molecule has 1 heterocycles. The van der Waals surface area contributed by atoms with Crippen molar-refractivity contribution in [2.45, 2.75) is 20.8 Å². The number of carbonyl (C=O) groups excluding carboxylic acids is 1. The first-order chi connectivity index (χ1) is 8.06. The number of nitrogens with zero attached hydrogens (tertiary/aromatic N) is 1. The molecule has 0 radical (unpaired) electrons. The lowest BCUT2D eigenvalue weighted by molar-refractivity contribution is 0.0670. The molecular weight excluding hydrogens is 218 g/mol. The number of methoxy groups -OCH3 is 1. The van der Waals surface area contributed by atoms with Crippen LogP contribution in [0.1, 0.15) is 30.0 Å². The van der Waals surface area contributed by atoms with Crippen LogP contribution in [0.3, 0.4) is 0 Å². The summed E-state index contributed by atoms with van der Waals surface area (Å²) in [6, 6.07) is 1.72. The lowest BCUT2D eigenvalue weighted by atomic mass is 10.1. The quantitative estimate of drug-likeness (QED) is 0.765. The summed E-state index contributed by atoms with van der Waals surface area (Å²) in [5.74, 6) is 1.12. The highest BCUT2D eigenvalue weighted by Gasteiger charge is 2.19. The summed E-state index contributed by atoms with van der Waals surface area (Å²) < 4.78 is 10.2. The van der Waals surface area contributed by atoms with Gasteiger partial charge in [-0.1, -0.05) is 13.8 Å². The molecule has 96 valence electrons. The van der Waals surface area contributed by atoms with Crippen LogP contribution in [0.2, 0.25) is 0 Å². The Morgan fingerprint density at radius 2 is 2.24 bits per heavy atom. The van der Waals surface area contributed by atoms with E-state index in [0.717, 1.165) is 6.54 Å². The Kier molecular flexibility index (Phi) is 5.22. The van der Waals surface area contributed by atoms with Crippen LogP contribution in [-0.4, -0.2) is 37.6 Å². The molecular formula is C13H21NO3. The lowest BCUT2D eigenvalue weighted by Gasteiger charge is -2.24. The largest absolute Gasteiger partial charge is 0.469 e. The number of hydrogen-bond acceptors (Lipinski definition) is 3. The Balaban J connectivity index is 2.75. The maximum Gasteiger partial charge on any atom is 0.257 e. The summed E-state index contributed by atoms with van der Waals surface area (Å²) in [5, 5.41) is 0. The van der Waals surface area contributed by atoms with E-state index in [4.69, 9.17) is 9.15 Å². The first kappa shape index (κ1) is 13.8. The first-order valence-corrected chi connectivity index (χ1v) is 5.88. The molecule has 0 bridgehead atoms. The SMILES string of the molecule is COCCN(CC(C)C)C(=O)c1ccoc1C. The molecule has 17 heavy (non-hydrogen) atoms. The minimum absolute atomic E-state index is 0.0157. The van der Waals surface area contributed by atoms with Gasteiger partial charge in [0.2, 0.25) is 0 Å². The molecule has 0 fully saturated rings. The standard InChI is InChI=1S/C13H21NO3/c1-10(2)9-14(6-8-16-4)13(15)12-5-7-17-11(12)3/h5,7,10H,6,8-9H2,1-4H3. The van der Waals surface area contributed by atoms with Crippen molar-refractivity contribution in [1.82, 2.24) is 4.90 Å². The average molecular weight is 239 g/mol. The minimum Gasteiger partial charge on any atom is -0.469 e. The Morgan fingerprint density at radius 3 is 2.71 bits per heavy atom. The molecule has 0 aliphatic rings. The van der Waals surface area contributed by atoms with Gasteiger partial charge in [-0.05, 0) is 18.9 Å². The monoisotopic (exact) mass is 239 g/mol. The van der Waals surface area contributed by atoms with Crippen molar-refractivity contribution in [1.29, 1.82) is 0 Å². The number of amides is 1. The van der Waals surface area contributed by atoms with Gasteiger partial charge < -0.3 is 14.1 Å². The minimum atomic E-state index is 0.0157. The number of hydrogen-bond donors (Lipinski definition) is 0. The summed E-state index contributed by atoms with van der Waals surface area (Å²) in [5.41, 5.74) is 0.641. The van der Waals surface area contributed by atoms with Gasteiger partial charge in [-0.25, -0.2) is 0 Å². The zero-order chi connectivity index (χ0) is 12.8. The fourth-order valence-electron chi connectivity index (χ4n) is 1.70. The molecule has 0 N–H and O–H groups in total. The van der Waals surface area contributed by atoms with Gasteiger partial charge in [0.25, 0.3) is 5.91 Å². The van der Waals surface area contributed by atoms with E-state index in [2.05, 4.69) is 13.8 Å². The molecule has 0 unspecified atom stereocenters. The van der Waals surface area contributed by atoms with Crippen LogP contribution in [0.15, 0.2) is 16.7 Å². The molecule has 4 nitrogen and oxygen atoms in total. The fourth-order valence-corrected chi connectivity index (χ4v) is 1.70. The molecule has 0 spiro atoms. The van der Waals surface area contributed by atoms with Crippen molar-refractivity contribution in [2.75, 3.05) is 26.8 Å². The molecule has 4 heteroatoms. The zero-order valence-electron chi connectivity index (χ0n) is 11.0. The van der Waals surface area contributed by atoms with Crippen molar-refractivity contribution in [3.63, 3.8) is 0 Å². The highest BCUT2D eigenvalue weighted by Crippen LogP contribution is 2.13. The average Bonchev–Trinajstić information content (AvgIpc) is 2.69. The molecule has 1 amide bonds. The highest BCUT2D eigenvalue weighted by molar-refractivity contribution is 5.95. The molecule has 0 aromatic carbocycles. The zero-order valence-corrected chi connectivity index (χ0v) is 11.0. The first-order valence-electron chi connectivity index (χ1n) is 5.88. The molecule has 0 aliphatic heterocycles. The molecule has 1 rings (SSSR count). The van der Waals surface area contributed by atoms with Crippen molar-refractivity contribution >= 4 is 5.91 Å². The van der Waals surface area contributed by atoms with E-state index in [9.17, 15) is 4.79 Å². The Morgan fingerprint density at radius 1 is 1.53 bits per heavy atom. The summed E-state index contributed by atoms with van der Waals surface area (Å²) >= 11 is 0. The molecule has 0 aliphatic carbocycles. The van der Waals surface area contributed by atoms with Gasteiger partial charge in [-0.2, -0.15) is 0 Å². The van der Waals surface area contributed by atoms with Gasteiger partial charge in [-0.15, -0.1) is 0 Å². The van der Waals surface area contributed by atoms with Crippen LogP contribution in [0.25, 0.3) is 0 Å². The van der Waals surface area contributed by atoms with Crippen LogP contribution in [-0.2, 0) is 4.74 Å². The van der Waals surface area contributed by atoms with Crippen molar-refractivity contribution < 1.29 is 13.9 Å². The van der Waals surface area contributed by atoms with Crippen LogP contribution in [0, 0.1) is 12.8 Å². The third-order valence-electron chi connectivity index (χ3n) is 2.53. The van der Waals surface area contributed by atoms with Crippen LogP contribution >= 0.6 is 0 Å². The summed E-state index contributed by atoms with van der Waals surface area (Å²) in [7, 11) is 1.64. The van der Waals surface area contributed by atoms with Gasteiger partial charge in [0.05, 0.1) is 18.4 Å². The number of furan rings is 1. The summed E-state index contributed by atoms with van der Waals surface area (Å²) in [4.78, 5) is 14.1. The predicted molar refractivity (Wildman–Crippen MR) is 66.1 cm³/mol. The Hall–Kier alpha value is -1.29. The second kappa shape index (κ2) is 6.45. The molecule has 1 aromatic heterocycles. The maximum absolute atomic E-state index is 12.3. The highest BCUT2D eigenvalue weighted by atomic mass is 16.5. The lowest BCUT2D eigenvalue weighted by Crippen LogP contribution is -2.36. The van der Waals surface area contributed by atoms with Gasteiger partial charge >= 0.3 is 0 Å². The Bertz CT molecular complexity index is 357.